The minimum absolute atomic E-state index is 0.0278. The van der Waals surface area contributed by atoms with Crippen molar-refractivity contribution in [2.45, 2.75) is 11.5 Å². The van der Waals surface area contributed by atoms with Gasteiger partial charge in [-0.25, -0.2) is 8.42 Å². The Hall–Kier alpha value is -3.10. The molecule has 12 nitrogen and oxygen atoms in total. The average Bonchev–Trinajstić information content (AvgIpc) is 2.53. The van der Waals surface area contributed by atoms with Crippen LogP contribution in [0.3, 0.4) is 0 Å². The highest BCUT2D eigenvalue weighted by molar-refractivity contribution is 7.85. The van der Waals surface area contributed by atoms with Crippen LogP contribution in [-0.4, -0.2) is 31.4 Å². The van der Waals surface area contributed by atoms with Crippen molar-refractivity contribution in [1.29, 1.82) is 0 Å². The summed E-state index contributed by atoms with van der Waals surface area (Å²) in [6.07, 6.45) is 0. The molecule has 28 heavy (non-hydrogen) atoms. The number of para-hydroxylation sites is 1. The first kappa shape index (κ1) is 22.9. The molecule has 0 aliphatic rings. The van der Waals surface area contributed by atoms with Crippen molar-refractivity contribution in [2.75, 3.05) is 0 Å². The van der Waals surface area contributed by atoms with Crippen molar-refractivity contribution >= 4 is 25.9 Å². The van der Waals surface area contributed by atoms with Gasteiger partial charge >= 0.3 is 15.2 Å². The Bertz CT molecular complexity index is 1040. The number of nitro benzene ring substituents is 1. The van der Waals surface area contributed by atoms with Crippen LogP contribution in [0.4, 0.5) is 5.69 Å². The van der Waals surface area contributed by atoms with Gasteiger partial charge in [0.2, 0.25) is 0 Å². The maximum Gasteiger partial charge on any atom is 0.310 e. The predicted molar refractivity (Wildman–Crippen MR) is 95.5 cm³/mol. The molecule has 0 aromatic heterocycles. The summed E-state index contributed by atoms with van der Waals surface area (Å²) in [4.78, 5) is 19.6. The van der Waals surface area contributed by atoms with E-state index in [-0.39, 0.29) is 11.3 Å². The summed E-state index contributed by atoms with van der Waals surface area (Å²) >= 11 is 0. The van der Waals surface area contributed by atoms with E-state index in [0.29, 0.717) is 5.56 Å². The fourth-order valence-electron chi connectivity index (χ4n) is 1.90. The van der Waals surface area contributed by atoms with Gasteiger partial charge in [0.05, 0.1) is 10.7 Å². The first-order valence-corrected chi connectivity index (χ1v) is 10.4. The van der Waals surface area contributed by atoms with E-state index in [0.717, 1.165) is 0 Å². The van der Waals surface area contributed by atoms with Gasteiger partial charge in [0, 0.05) is 11.6 Å². The first-order chi connectivity index (χ1) is 12.9. The van der Waals surface area contributed by atoms with Crippen molar-refractivity contribution in [1.82, 2.24) is 0 Å². The van der Waals surface area contributed by atoms with Crippen LogP contribution in [0.25, 0.3) is 0 Å². The fourth-order valence-corrected chi connectivity index (χ4v) is 3.38. The lowest BCUT2D eigenvalue weighted by atomic mass is 10.2. The van der Waals surface area contributed by atoms with Crippen LogP contribution in [0.15, 0.2) is 54.6 Å². The SMILES string of the molecule is O=[N+]([O-])OS(=O)(=O)Cc1ccccc1.O=[N+]([O-])c1ccccc1CS(=O)(=O)O. The van der Waals surface area contributed by atoms with Gasteiger partial charge in [-0.3, -0.25) is 14.7 Å². The molecule has 0 fully saturated rings. The normalized spacial score (nSPS) is 11.0. The summed E-state index contributed by atoms with van der Waals surface area (Å²) in [6.45, 7) is 0. The molecule has 0 spiro atoms. The Morgan fingerprint density at radius 3 is 1.89 bits per heavy atom. The van der Waals surface area contributed by atoms with E-state index in [1.165, 1.54) is 24.3 Å². The number of nitrogens with zero attached hydrogens (tertiary/aromatic N) is 2. The van der Waals surface area contributed by atoms with E-state index < -0.39 is 41.8 Å². The predicted octanol–water partition coefficient (Wildman–Crippen LogP) is 1.71. The molecule has 0 saturated carbocycles. The molecule has 14 heteroatoms. The minimum atomic E-state index is -4.24. The third-order valence-corrected chi connectivity index (χ3v) is 4.60. The highest BCUT2D eigenvalue weighted by Gasteiger charge is 2.17. The number of hydrogen-bond donors (Lipinski definition) is 1. The third-order valence-electron chi connectivity index (χ3n) is 2.89. The molecule has 0 unspecified atom stereocenters. The topological polar surface area (TPSA) is 184 Å². The molecule has 1 N–H and O–H groups in total. The number of rotatable bonds is 7. The summed E-state index contributed by atoms with van der Waals surface area (Å²) < 4.78 is 55.0. The second kappa shape index (κ2) is 9.72. The number of hydrogen-bond acceptors (Lipinski definition) is 9. The van der Waals surface area contributed by atoms with Crippen molar-refractivity contribution in [3.8, 4) is 0 Å². The molecular formula is C14H14N2O10S2. The maximum absolute atomic E-state index is 10.9. The lowest BCUT2D eigenvalue weighted by Gasteiger charge is -2.00. The quantitative estimate of drug-likeness (QED) is 0.382. The van der Waals surface area contributed by atoms with Crippen LogP contribution in [0.5, 0.6) is 0 Å². The zero-order valence-corrected chi connectivity index (χ0v) is 15.6. The van der Waals surface area contributed by atoms with E-state index in [2.05, 4.69) is 4.28 Å². The average molecular weight is 434 g/mol. The summed E-state index contributed by atoms with van der Waals surface area (Å²) in [5.74, 6) is -1.25. The third kappa shape index (κ3) is 9.02. The Labute approximate surface area is 159 Å². The van der Waals surface area contributed by atoms with Crippen LogP contribution in [0, 0.1) is 20.2 Å². The van der Waals surface area contributed by atoms with Crippen LogP contribution in [-0.2, 0) is 36.0 Å². The van der Waals surface area contributed by atoms with Crippen molar-refractivity contribution in [3.63, 3.8) is 0 Å². The lowest BCUT2D eigenvalue weighted by Crippen LogP contribution is -2.13. The van der Waals surface area contributed by atoms with Crippen molar-refractivity contribution in [2.24, 2.45) is 0 Å². The fraction of sp³-hybridized carbons (Fsp3) is 0.143. The molecule has 0 heterocycles. The van der Waals surface area contributed by atoms with Crippen molar-refractivity contribution < 1.29 is 35.7 Å². The molecule has 2 rings (SSSR count). The summed E-state index contributed by atoms with van der Waals surface area (Å²) in [6, 6.07) is 13.4. The van der Waals surface area contributed by atoms with E-state index in [1.54, 1.807) is 30.3 Å². The number of nitro groups is 1. The summed E-state index contributed by atoms with van der Waals surface area (Å²) in [5, 5.41) is 18.9. The summed E-state index contributed by atoms with van der Waals surface area (Å²) in [7, 11) is -8.37. The van der Waals surface area contributed by atoms with Gasteiger partial charge in [-0.15, -0.1) is 10.1 Å². The molecule has 0 atom stereocenters. The van der Waals surface area contributed by atoms with Gasteiger partial charge < -0.3 is 0 Å². The molecule has 0 saturated heterocycles. The molecule has 152 valence electrons. The van der Waals surface area contributed by atoms with Gasteiger partial charge in [-0.2, -0.15) is 12.7 Å². The largest absolute Gasteiger partial charge is 0.310 e. The summed E-state index contributed by atoms with van der Waals surface area (Å²) in [5.41, 5.74) is 0.0967. The van der Waals surface area contributed by atoms with Gasteiger partial charge in [0.15, 0.2) is 0 Å². The number of benzene rings is 2. The van der Waals surface area contributed by atoms with Crippen molar-refractivity contribution in [3.05, 3.63) is 86.0 Å². The van der Waals surface area contributed by atoms with E-state index >= 15 is 0 Å². The molecule has 0 amide bonds. The zero-order valence-electron chi connectivity index (χ0n) is 13.9. The van der Waals surface area contributed by atoms with E-state index in [4.69, 9.17) is 4.55 Å². The molecule has 0 aliphatic carbocycles. The smallest absolute Gasteiger partial charge is 0.285 e. The Balaban J connectivity index is 0.000000280. The van der Waals surface area contributed by atoms with E-state index in [1.807, 2.05) is 0 Å². The first-order valence-electron chi connectivity index (χ1n) is 7.17. The molecular weight excluding hydrogens is 420 g/mol. The lowest BCUT2D eigenvalue weighted by molar-refractivity contribution is -0.711. The van der Waals surface area contributed by atoms with Gasteiger partial charge in [-0.05, 0) is 5.56 Å². The van der Waals surface area contributed by atoms with Gasteiger partial charge in [0.25, 0.3) is 15.8 Å². The highest BCUT2D eigenvalue weighted by atomic mass is 32.2. The van der Waals surface area contributed by atoms with E-state index in [9.17, 15) is 37.1 Å². The second-order valence-electron chi connectivity index (χ2n) is 5.10. The Morgan fingerprint density at radius 2 is 1.39 bits per heavy atom. The Morgan fingerprint density at radius 1 is 0.857 bits per heavy atom. The minimum Gasteiger partial charge on any atom is -0.285 e. The molecule has 0 aliphatic heterocycles. The zero-order chi connectivity index (χ0) is 21.4. The second-order valence-corrected chi connectivity index (χ2v) is 8.10. The highest BCUT2D eigenvalue weighted by Crippen LogP contribution is 2.19. The molecule has 0 radical (unpaired) electrons. The maximum atomic E-state index is 10.9. The van der Waals surface area contributed by atoms with Crippen LogP contribution in [0.2, 0.25) is 0 Å². The monoisotopic (exact) mass is 434 g/mol. The molecule has 2 aromatic rings. The molecule has 2 aromatic carbocycles. The van der Waals surface area contributed by atoms with Crippen LogP contribution < -0.4 is 0 Å². The molecule has 0 bridgehead atoms. The van der Waals surface area contributed by atoms with Crippen LogP contribution in [0.1, 0.15) is 11.1 Å². The van der Waals surface area contributed by atoms with Gasteiger partial charge in [-0.1, -0.05) is 48.5 Å². The Kier molecular flexibility index (Phi) is 7.97. The standard InChI is InChI=1S/2C7H7NO5S/c9-8(10)7-4-2-1-3-6(7)5-14(11,12)13;9-8(10)13-14(11,12)6-7-4-2-1-3-5-7/h1-4H,5H2,(H,11,12,13);1-5H,6H2. The van der Waals surface area contributed by atoms with Gasteiger partial charge in [0.1, 0.15) is 5.75 Å². The van der Waals surface area contributed by atoms with Crippen LogP contribution >= 0.6 is 0 Å².